The molecule has 0 spiro atoms. The van der Waals surface area contributed by atoms with Gasteiger partial charge in [0.15, 0.2) is 0 Å². The smallest absolute Gasteiger partial charge is 0.254 e. The third kappa shape index (κ3) is 3.01. The Hall–Kier alpha value is -2.95. The molecule has 3 heterocycles. The van der Waals surface area contributed by atoms with Crippen molar-refractivity contribution in [1.29, 1.82) is 0 Å². The zero-order chi connectivity index (χ0) is 18.1. The first-order valence-electron chi connectivity index (χ1n) is 9.03. The molecule has 0 atom stereocenters. The fraction of sp³-hybridized carbons (Fsp3) is 0.286. The summed E-state index contributed by atoms with van der Waals surface area (Å²) in [6, 6.07) is 11.8. The lowest BCUT2D eigenvalue weighted by atomic mass is 10.0. The van der Waals surface area contributed by atoms with Crippen molar-refractivity contribution in [2.45, 2.75) is 33.2 Å². The van der Waals surface area contributed by atoms with Gasteiger partial charge in [0, 0.05) is 48.1 Å². The number of carbonyl (C=O) groups is 1. The van der Waals surface area contributed by atoms with Crippen LogP contribution in [0.1, 0.15) is 39.8 Å². The highest BCUT2D eigenvalue weighted by Crippen LogP contribution is 2.23. The number of amides is 1. The Kier molecular flexibility index (Phi) is 4.29. The molecule has 0 unspecified atom stereocenters. The van der Waals surface area contributed by atoms with E-state index < -0.39 is 0 Å². The predicted molar refractivity (Wildman–Crippen MR) is 101 cm³/mol. The third-order valence-electron chi connectivity index (χ3n) is 4.98. The van der Waals surface area contributed by atoms with Gasteiger partial charge in [-0.3, -0.25) is 14.9 Å². The molecule has 0 saturated carbocycles. The van der Waals surface area contributed by atoms with Crippen molar-refractivity contribution in [3.63, 3.8) is 0 Å². The summed E-state index contributed by atoms with van der Waals surface area (Å²) in [4.78, 5) is 19.3. The normalized spacial score (nSPS) is 13.5. The number of hydrogen-bond acceptors (Lipinski definition) is 3. The summed E-state index contributed by atoms with van der Waals surface area (Å²) >= 11 is 0. The summed E-state index contributed by atoms with van der Waals surface area (Å²) < 4.78 is 0. The van der Waals surface area contributed by atoms with Gasteiger partial charge in [-0.05, 0) is 37.1 Å². The van der Waals surface area contributed by atoms with Gasteiger partial charge in [-0.1, -0.05) is 25.1 Å². The molecule has 1 aliphatic rings. The fourth-order valence-electron chi connectivity index (χ4n) is 3.42. The van der Waals surface area contributed by atoms with Gasteiger partial charge in [-0.2, -0.15) is 5.10 Å². The van der Waals surface area contributed by atoms with Crippen LogP contribution in [0.5, 0.6) is 0 Å². The summed E-state index contributed by atoms with van der Waals surface area (Å²) in [6.07, 6.45) is 3.57. The van der Waals surface area contributed by atoms with E-state index >= 15 is 0 Å². The Morgan fingerprint density at radius 2 is 2.00 bits per heavy atom. The molecule has 0 radical (unpaired) electrons. The molecule has 1 aliphatic heterocycles. The van der Waals surface area contributed by atoms with Gasteiger partial charge < -0.3 is 4.90 Å². The zero-order valence-corrected chi connectivity index (χ0v) is 15.1. The van der Waals surface area contributed by atoms with E-state index in [2.05, 4.69) is 22.1 Å². The van der Waals surface area contributed by atoms with Crippen LogP contribution in [-0.2, 0) is 19.4 Å². The van der Waals surface area contributed by atoms with Crippen LogP contribution in [0.2, 0.25) is 0 Å². The molecule has 2 aromatic heterocycles. The summed E-state index contributed by atoms with van der Waals surface area (Å²) in [7, 11) is 0. The Balaban J connectivity index is 1.52. The van der Waals surface area contributed by atoms with Gasteiger partial charge >= 0.3 is 0 Å². The molecule has 4 rings (SSSR count). The lowest BCUT2D eigenvalue weighted by molar-refractivity contribution is 0.0734. The van der Waals surface area contributed by atoms with Crippen molar-refractivity contribution in [3.8, 4) is 11.3 Å². The number of fused-ring (bicyclic) bond motifs is 1. The molecule has 1 amide bonds. The number of aromatic nitrogens is 3. The average molecular weight is 346 g/mol. The lowest BCUT2D eigenvalue weighted by Gasteiger charge is -2.27. The van der Waals surface area contributed by atoms with Crippen LogP contribution < -0.4 is 0 Å². The molecule has 0 bridgehead atoms. The second-order valence-corrected chi connectivity index (χ2v) is 6.76. The van der Waals surface area contributed by atoms with Gasteiger partial charge in [0.2, 0.25) is 0 Å². The Bertz CT molecular complexity index is 912. The van der Waals surface area contributed by atoms with E-state index in [1.54, 1.807) is 0 Å². The highest BCUT2D eigenvalue weighted by atomic mass is 16.2. The van der Waals surface area contributed by atoms with Gasteiger partial charge in [-0.25, -0.2) is 0 Å². The number of aryl methyl sites for hydroxylation is 2. The van der Waals surface area contributed by atoms with Crippen molar-refractivity contribution in [3.05, 3.63) is 70.7 Å². The second-order valence-electron chi connectivity index (χ2n) is 6.76. The molecule has 5 nitrogen and oxygen atoms in total. The quantitative estimate of drug-likeness (QED) is 0.789. The maximum Gasteiger partial charge on any atom is 0.254 e. The molecule has 0 fully saturated rings. The number of nitrogens with zero attached hydrogens (tertiary/aromatic N) is 3. The third-order valence-corrected chi connectivity index (χ3v) is 4.98. The van der Waals surface area contributed by atoms with E-state index in [-0.39, 0.29) is 5.91 Å². The van der Waals surface area contributed by atoms with Crippen molar-refractivity contribution in [2.75, 3.05) is 6.54 Å². The Morgan fingerprint density at radius 3 is 2.69 bits per heavy atom. The highest BCUT2D eigenvalue weighted by molar-refractivity contribution is 5.94. The number of benzene rings is 1. The van der Waals surface area contributed by atoms with Crippen molar-refractivity contribution in [1.82, 2.24) is 20.1 Å². The maximum absolute atomic E-state index is 12.9. The van der Waals surface area contributed by atoms with E-state index in [9.17, 15) is 4.79 Å². The van der Waals surface area contributed by atoms with Crippen LogP contribution in [0.4, 0.5) is 0 Å². The second kappa shape index (κ2) is 6.75. The predicted octanol–water partition coefficient (Wildman–Crippen LogP) is 3.54. The van der Waals surface area contributed by atoms with E-state index in [1.807, 2.05) is 54.4 Å². The first-order valence-corrected chi connectivity index (χ1v) is 9.03. The molecular weight excluding hydrogens is 324 g/mol. The number of hydrogen-bond donors (Lipinski definition) is 1. The van der Waals surface area contributed by atoms with Crippen LogP contribution >= 0.6 is 0 Å². The van der Waals surface area contributed by atoms with Gasteiger partial charge in [0.05, 0.1) is 11.4 Å². The monoisotopic (exact) mass is 346 g/mol. The van der Waals surface area contributed by atoms with Gasteiger partial charge in [0.1, 0.15) is 0 Å². The molecule has 26 heavy (non-hydrogen) atoms. The fourth-order valence-corrected chi connectivity index (χ4v) is 3.42. The van der Waals surface area contributed by atoms with Crippen molar-refractivity contribution >= 4 is 5.91 Å². The molecule has 0 saturated heterocycles. The van der Waals surface area contributed by atoms with Crippen LogP contribution in [-0.4, -0.2) is 32.5 Å². The van der Waals surface area contributed by atoms with E-state index in [0.717, 1.165) is 41.9 Å². The van der Waals surface area contributed by atoms with Gasteiger partial charge in [-0.15, -0.1) is 0 Å². The van der Waals surface area contributed by atoms with E-state index in [1.165, 1.54) is 11.3 Å². The largest absolute Gasteiger partial charge is 0.334 e. The minimum Gasteiger partial charge on any atom is -0.334 e. The topological polar surface area (TPSA) is 61.9 Å². The first-order chi connectivity index (χ1) is 12.7. The summed E-state index contributed by atoms with van der Waals surface area (Å²) in [6.45, 7) is 5.47. The van der Waals surface area contributed by atoms with Crippen LogP contribution in [0.3, 0.4) is 0 Å². The van der Waals surface area contributed by atoms with E-state index in [4.69, 9.17) is 0 Å². The molecule has 1 aromatic carbocycles. The minimum atomic E-state index is 0.0716. The minimum absolute atomic E-state index is 0.0716. The number of carbonyl (C=O) groups excluding carboxylic acids is 1. The van der Waals surface area contributed by atoms with E-state index in [0.29, 0.717) is 12.1 Å². The summed E-state index contributed by atoms with van der Waals surface area (Å²) in [5.74, 6) is 0.0716. The SMILES string of the molecule is CCc1n[nH]c2c1CN(C(=O)c1ccc(-c3ccc(C)cn3)cc1)CC2. The molecule has 0 aliphatic carbocycles. The summed E-state index contributed by atoms with van der Waals surface area (Å²) in [5.41, 5.74) is 7.22. The Labute approximate surface area is 153 Å². The lowest BCUT2D eigenvalue weighted by Crippen LogP contribution is -2.36. The molecule has 5 heteroatoms. The standard InChI is InChI=1S/C21H22N4O/c1-3-18-17-13-25(11-10-20(17)24-23-18)21(26)16-7-5-15(6-8-16)19-9-4-14(2)12-22-19/h4-9,12H,3,10-11,13H2,1-2H3,(H,23,24). The van der Waals surface area contributed by atoms with Gasteiger partial charge in [0.25, 0.3) is 5.91 Å². The zero-order valence-electron chi connectivity index (χ0n) is 15.1. The van der Waals surface area contributed by atoms with Crippen molar-refractivity contribution in [2.24, 2.45) is 0 Å². The molecule has 3 aromatic rings. The van der Waals surface area contributed by atoms with Crippen LogP contribution in [0, 0.1) is 6.92 Å². The number of rotatable bonds is 3. The Morgan fingerprint density at radius 1 is 1.19 bits per heavy atom. The van der Waals surface area contributed by atoms with Crippen LogP contribution in [0.15, 0.2) is 42.6 Å². The van der Waals surface area contributed by atoms with Crippen LogP contribution in [0.25, 0.3) is 11.3 Å². The highest BCUT2D eigenvalue weighted by Gasteiger charge is 2.25. The van der Waals surface area contributed by atoms with Crippen molar-refractivity contribution < 1.29 is 4.79 Å². The summed E-state index contributed by atoms with van der Waals surface area (Å²) in [5, 5.41) is 7.48. The molecular formula is C21H22N4O. The molecule has 1 N–H and O–H groups in total. The number of nitrogens with one attached hydrogen (secondary N) is 1. The maximum atomic E-state index is 12.9. The number of aromatic amines is 1. The first kappa shape index (κ1) is 16.5. The number of H-pyrrole nitrogens is 1. The average Bonchev–Trinajstić information content (AvgIpc) is 3.10. The number of pyridine rings is 1. The molecule has 132 valence electrons.